The third-order valence-electron chi connectivity index (χ3n) is 2.72. The summed E-state index contributed by atoms with van der Waals surface area (Å²) in [5.74, 6) is -0.672. The summed E-state index contributed by atoms with van der Waals surface area (Å²) in [6.45, 7) is 0.730. The summed E-state index contributed by atoms with van der Waals surface area (Å²) in [6, 6.07) is 3.26. The molecule has 0 heterocycles. The van der Waals surface area contributed by atoms with E-state index in [9.17, 15) is 17.6 Å². The number of halogens is 4. The lowest BCUT2D eigenvalue weighted by Gasteiger charge is -2.24. The highest BCUT2D eigenvalue weighted by atomic mass is 19.4. The van der Waals surface area contributed by atoms with Crippen molar-refractivity contribution in [1.82, 2.24) is 4.90 Å². The molecule has 1 rings (SSSR count). The molecule has 8 heteroatoms. The van der Waals surface area contributed by atoms with E-state index in [0.29, 0.717) is 6.42 Å². The molecule has 1 aromatic carbocycles. The maximum Gasteiger partial charge on any atom is 0.488 e. The molecule has 0 aromatic heterocycles. The van der Waals surface area contributed by atoms with E-state index in [1.807, 2.05) is 0 Å². The molecule has 1 aromatic rings. The highest BCUT2D eigenvalue weighted by Crippen LogP contribution is 2.18. The molecule has 0 atom stereocenters. The smallest absolute Gasteiger partial charge is 0.423 e. The Balaban J connectivity index is 2.93. The first-order valence-corrected chi connectivity index (χ1v) is 6.16. The Morgan fingerprint density at radius 2 is 1.90 bits per heavy atom. The molecule has 3 nitrogen and oxygen atoms in total. The van der Waals surface area contributed by atoms with Crippen LogP contribution in [0, 0.1) is 5.82 Å². The van der Waals surface area contributed by atoms with E-state index in [1.165, 1.54) is 6.07 Å². The summed E-state index contributed by atoms with van der Waals surface area (Å²) < 4.78 is 50.4. The Morgan fingerprint density at radius 1 is 1.25 bits per heavy atom. The average molecular weight is 293 g/mol. The topological polar surface area (TPSA) is 43.7 Å². The minimum absolute atomic E-state index is 0.117. The molecule has 0 amide bonds. The Labute approximate surface area is 115 Å². The predicted molar refractivity (Wildman–Crippen MR) is 67.8 cm³/mol. The molecule has 0 bridgehead atoms. The molecule has 0 saturated carbocycles. The summed E-state index contributed by atoms with van der Waals surface area (Å²) in [5.41, 5.74) is 0.146. The summed E-state index contributed by atoms with van der Waals surface area (Å²) >= 11 is 0. The fourth-order valence-corrected chi connectivity index (χ4v) is 1.97. The molecule has 112 valence electrons. The van der Waals surface area contributed by atoms with Gasteiger partial charge in [0.2, 0.25) is 0 Å². The number of rotatable bonds is 6. The van der Waals surface area contributed by atoms with Crippen molar-refractivity contribution in [1.29, 1.82) is 0 Å². The Morgan fingerprint density at radius 3 is 2.40 bits per heavy atom. The van der Waals surface area contributed by atoms with Gasteiger partial charge in [-0.05, 0) is 36.1 Å². The second-order valence-electron chi connectivity index (χ2n) is 4.54. The van der Waals surface area contributed by atoms with Crippen molar-refractivity contribution in [3.63, 3.8) is 0 Å². The van der Waals surface area contributed by atoms with Gasteiger partial charge in [0.15, 0.2) is 0 Å². The van der Waals surface area contributed by atoms with Gasteiger partial charge in [-0.25, -0.2) is 4.39 Å². The van der Waals surface area contributed by atoms with Crippen molar-refractivity contribution in [3.8, 4) is 0 Å². The Kier molecular flexibility index (Phi) is 5.97. The van der Waals surface area contributed by atoms with Gasteiger partial charge in [-0.2, -0.15) is 13.2 Å². The molecule has 0 spiro atoms. The van der Waals surface area contributed by atoms with Crippen LogP contribution in [0.15, 0.2) is 18.2 Å². The van der Waals surface area contributed by atoms with Crippen molar-refractivity contribution in [2.45, 2.75) is 26.1 Å². The van der Waals surface area contributed by atoms with Gasteiger partial charge >= 0.3 is 13.3 Å². The van der Waals surface area contributed by atoms with Crippen LogP contribution in [-0.2, 0) is 6.54 Å². The standard InChI is InChI=1S/C12H16BF4NO2/c1-2-5-18(8-12(15,16)17)7-9-3-4-10(14)6-11(9)13(19)20/h3-4,6,19-20H,2,5,7-8H2,1H3. The third kappa shape index (κ3) is 5.48. The van der Waals surface area contributed by atoms with Crippen LogP contribution < -0.4 is 5.46 Å². The van der Waals surface area contributed by atoms with Crippen molar-refractivity contribution in [2.75, 3.05) is 13.1 Å². The molecule has 2 N–H and O–H groups in total. The zero-order valence-electron chi connectivity index (χ0n) is 11.0. The van der Waals surface area contributed by atoms with Gasteiger partial charge in [0.1, 0.15) is 5.82 Å². The average Bonchev–Trinajstić information content (AvgIpc) is 2.29. The lowest BCUT2D eigenvalue weighted by atomic mass is 9.77. The quantitative estimate of drug-likeness (QED) is 0.613. The van der Waals surface area contributed by atoms with E-state index < -0.39 is 25.7 Å². The maximum atomic E-state index is 13.0. The fraction of sp³-hybridized carbons (Fsp3) is 0.500. The molecular weight excluding hydrogens is 277 g/mol. The monoisotopic (exact) mass is 293 g/mol. The fourth-order valence-electron chi connectivity index (χ4n) is 1.97. The van der Waals surface area contributed by atoms with Crippen LogP contribution in [0.3, 0.4) is 0 Å². The van der Waals surface area contributed by atoms with Crippen LogP contribution in [-0.4, -0.2) is 41.3 Å². The van der Waals surface area contributed by atoms with Crippen molar-refractivity contribution in [2.24, 2.45) is 0 Å². The third-order valence-corrected chi connectivity index (χ3v) is 2.72. The summed E-state index contributed by atoms with van der Waals surface area (Å²) in [6.07, 6.45) is -3.82. The molecule has 0 aliphatic heterocycles. The SMILES string of the molecule is CCCN(Cc1ccc(F)cc1B(O)O)CC(F)(F)F. The van der Waals surface area contributed by atoms with Gasteiger partial charge in [-0.15, -0.1) is 0 Å². The van der Waals surface area contributed by atoms with Crippen molar-refractivity contribution >= 4 is 12.6 Å². The van der Waals surface area contributed by atoms with Crippen LogP contribution in [0.2, 0.25) is 0 Å². The van der Waals surface area contributed by atoms with Gasteiger partial charge < -0.3 is 10.0 Å². The van der Waals surface area contributed by atoms with Crippen LogP contribution in [0.4, 0.5) is 17.6 Å². The molecule has 0 fully saturated rings. The summed E-state index contributed by atoms with van der Waals surface area (Å²) in [5, 5.41) is 18.3. The second kappa shape index (κ2) is 7.05. The lowest BCUT2D eigenvalue weighted by Crippen LogP contribution is -2.39. The molecule has 0 aliphatic carbocycles. The first-order chi connectivity index (χ1) is 9.23. The predicted octanol–water partition coefficient (Wildman–Crippen LogP) is 1.28. The Bertz CT molecular complexity index is 440. The van der Waals surface area contributed by atoms with Gasteiger partial charge in [0.25, 0.3) is 0 Å². The van der Waals surface area contributed by atoms with Gasteiger partial charge in [0, 0.05) is 6.54 Å². The van der Waals surface area contributed by atoms with E-state index in [1.54, 1.807) is 6.92 Å². The van der Waals surface area contributed by atoms with Gasteiger partial charge in [-0.1, -0.05) is 13.0 Å². The van der Waals surface area contributed by atoms with Crippen LogP contribution in [0.5, 0.6) is 0 Å². The van der Waals surface area contributed by atoms with Crippen LogP contribution in [0.1, 0.15) is 18.9 Å². The molecule has 0 radical (unpaired) electrons. The molecule has 0 aliphatic rings. The number of hydrogen-bond donors (Lipinski definition) is 2. The highest BCUT2D eigenvalue weighted by molar-refractivity contribution is 6.59. The van der Waals surface area contributed by atoms with E-state index in [0.717, 1.165) is 17.0 Å². The molecule has 20 heavy (non-hydrogen) atoms. The van der Waals surface area contributed by atoms with Crippen molar-refractivity contribution < 1.29 is 27.6 Å². The number of nitrogens with zero attached hydrogens (tertiary/aromatic N) is 1. The highest BCUT2D eigenvalue weighted by Gasteiger charge is 2.31. The number of benzene rings is 1. The Hall–Kier alpha value is -1.12. The van der Waals surface area contributed by atoms with Gasteiger partial charge in [0.05, 0.1) is 6.54 Å². The number of alkyl halides is 3. The number of hydrogen-bond acceptors (Lipinski definition) is 3. The maximum absolute atomic E-state index is 13.0. The largest absolute Gasteiger partial charge is 0.488 e. The van der Waals surface area contributed by atoms with E-state index in [2.05, 4.69) is 0 Å². The molecule has 0 saturated heterocycles. The minimum atomic E-state index is -4.34. The van der Waals surface area contributed by atoms with E-state index in [-0.39, 0.29) is 24.1 Å². The first-order valence-electron chi connectivity index (χ1n) is 6.16. The summed E-state index contributed by atoms with van der Waals surface area (Å²) in [7, 11) is -1.92. The minimum Gasteiger partial charge on any atom is -0.423 e. The van der Waals surface area contributed by atoms with E-state index >= 15 is 0 Å². The zero-order valence-corrected chi connectivity index (χ0v) is 11.0. The molecule has 0 unspecified atom stereocenters. The zero-order chi connectivity index (χ0) is 15.3. The van der Waals surface area contributed by atoms with Crippen LogP contribution >= 0.6 is 0 Å². The first kappa shape index (κ1) is 16.9. The van der Waals surface area contributed by atoms with Crippen LogP contribution in [0.25, 0.3) is 0 Å². The van der Waals surface area contributed by atoms with Crippen molar-refractivity contribution in [3.05, 3.63) is 29.6 Å². The normalized spacial score (nSPS) is 12.0. The lowest BCUT2D eigenvalue weighted by molar-refractivity contribution is -0.147. The van der Waals surface area contributed by atoms with E-state index in [4.69, 9.17) is 10.0 Å². The summed E-state index contributed by atoms with van der Waals surface area (Å²) in [4.78, 5) is 1.14. The van der Waals surface area contributed by atoms with Gasteiger partial charge in [-0.3, -0.25) is 4.90 Å². The molecular formula is C12H16BF4NO2. The second-order valence-corrected chi connectivity index (χ2v) is 4.54.